The average Bonchev–Trinajstić information content (AvgIpc) is 3.31. The number of anilines is 1. The van der Waals surface area contributed by atoms with Gasteiger partial charge in [-0.3, -0.25) is 9.59 Å². The van der Waals surface area contributed by atoms with Gasteiger partial charge in [0, 0.05) is 17.3 Å². The maximum atomic E-state index is 11.9. The first kappa shape index (κ1) is 16.1. The van der Waals surface area contributed by atoms with Crippen LogP contribution < -0.4 is 10.6 Å². The van der Waals surface area contributed by atoms with Crippen molar-refractivity contribution in [1.29, 1.82) is 0 Å². The quantitative estimate of drug-likeness (QED) is 0.669. The third-order valence-electron chi connectivity index (χ3n) is 3.62. The lowest BCUT2D eigenvalue weighted by molar-refractivity contribution is -0.136. The number of nitrogens with one attached hydrogen (secondary N) is 2. The summed E-state index contributed by atoms with van der Waals surface area (Å²) in [5.74, 6) is -0.967. The fourth-order valence-electron chi connectivity index (χ4n) is 2.21. The SMILES string of the molecule is C[C@H](CO)NC(=O)C(=O)Nc1cccc(-c2nnnn2C2CC2)c1. The zero-order valence-corrected chi connectivity index (χ0v) is 13.1. The van der Waals surface area contributed by atoms with E-state index in [0.29, 0.717) is 17.6 Å². The summed E-state index contributed by atoms with van der Waals surface area (Å²) in [6, 6.07) is 6.83. The largest absolute Gasteiger partial charge is 0.394 e. The number of rotatable bonds is 5. The van der Waals surface area contributed by atoms with E-state index in [9.17, 15) is 9.59 Å². The Morgan fingerprint density at radius 1 is 1.38 bits per heavy atom. The first-order valence-corrected chi connectivity index (χ1v) is 7.69. The number of amides is 2. The van der Waals surface area contributed by atoms with E-state index in [1.54, 1.807) is 29.8 Å². The van der Waals surface area contributed by atoms with Gasteiger partial charge in [-0.2, -0.15) is 0 Å². The van der Waals surface area contributed by atoms with Crippen LogP contribution in [0.15, 0.2) is 24.3 Å². The molecule has 9 heteroatoms. The minimum absolute atomic E-state index is 0.238. The molecule has 0 spiro atoms. The number of aromatic nitrogens is 4. The molecular formula is C15H18N6O3. The second-order valence-corrected chi connectivity index (χ2v) is 5.77. The van der Waals surface area contributed by atoms with E-state index in [4.69, 9.17) is 5.11 Å². The van der Waals surface area contributed by atoms with Gasteiger partial charge in [0.15, 0.2) is 5.82 Å². The van der Waals surface area contributed by atoms with Gasteiger partial charge in [-0.1, -0.05) is 12.1 Å². The minimum atomic E-state index is -0.801. The number of benzene rings is 1. The minimum Gasteiger partial charge on any atom is -0.394 e. The van der Waals surface area contributed by atoms with E-state index in [-0.39, 0.29) is 6.61 Å². The predicted octanol–water partition coefficient (Wildman–Crippen LogP) is 0.110. The highest BCUT2D eigenvalue weighted by molar-refractivity contribution is 6.39. The van der Waals surface area contributed by atoms with Crippen molar-refractivity contribution in [3.05, 3.63) is 24.3 Å². The van der Waals surface area contributed by atoms with Gasteiger partial charge in [-0.15, -0.1) is 5.10 Å². The van der Waals surface area contributed by atoms with Crippen LogP contribution in [-0.4, -0.2) is 49.8 Å². The van der Waals surface area contributed by atoms with E-state index in [2.05, 4.69) is 26.2 Å². The third-order valence-corrected chi connectivity index (χ3v) is 3.62. The Bertz CT molecular complexity index is 755. The molecule has 1 fully saturated rings. The van der Waals surface area contributed by atoms with Crippen molar-refractivity contribution < 1.29 is 14.7 Å². The molecule has 0 radical (unpaired) electrons. The van der Waals surface area contributed by atoms with Crippen LogP contribution in [0.3, 0.4) is 0 Å². The van der Waals surface area contributed by atoms with Crippen LogP contribution >= 0.6 is 0 Å². The second-order valence-electron chi connectivity index (χ2n) is 5.77. The molecule has 3 N–H and O–H groups in total. The summed E-state index contributed by atoms with van der Waals surface area (Å²) in [6.07, 6.45) is 2.11. The summed E-state index contributed by atoms with van der Waals surface area (Å²) in [6.45, 7) is 1.36. The number of aliphatic hydroxyl groups excluding tert-OH is 1. The van der Waals surface area contributed by atoms with Crippen molar-refractivity contribution in [3.63, 3.8) is 0 Å². The highest BCUT2D eigenvalue weighted by atomic mass is 16.3. The smallest absolute Gasteiger partial charge is 0.313 e. The normalized spacial score (nSPS) is 14.9. The summed E-state index contributed by atoms with van der Waals surface area (Å²) in [5.41, 5.74) is 1.23. The molecule has 1 aromatic heterocycles. The molecule has 1 aromatic carbocycles. The lowest BCUT2D eigenvalue weighted by atomic mass is 10.2. The molecule has 2 amide bonds. The number of tetrazole rings is 1. The number of aliphatic hydroxyl groups is 1. The molecular weight excluding hydrogens is 312 g/mol. The van der Waals surface area contributed by atoms with Crippen molar-refractivity contribution in [3.8, 4) is 11.4 Å². The van der Waals surface area contributed by atoms with Gasteiger partial charge in [0.2, 0.25) is 0 Å². The predicted molar refractivity (Wildman–Crippen MR) is 84.8 cm³/mol. The molecule has 9 nitrogen and oxygen atoms in total. The average molecular weight is 330 g/mol. The summed E-state index contributed by atoms with van der Waals surface area (Å²) in [4.78, 5) is 23.6. The maximum Gasteiger partial charge on any atom is 0.313 e. The van der Waals surface area contributed by atoms with Crippen molar-refractivity contribution in [2.45, 2.75) is 31.8 Å². The topological polar surface area (TPSA) is 122 Å². The molecule has 0 bridgehead atoms. The van der Waals surface area contributed by atoms with E-state index < -0.39 is 17.9 Å². The molecule has 1 heterocycles. The van der Waals surface area contributed by atoms with Crippen LogP contribution in [-0.2, 0) is 9.59 Å². The van der Waals surface area contributed by atoms with Gasteiger partial charge in [0.05, 0.1) is 12.6 Å². The molecule has 3 rings (SSSR count). The van der Waals surface area contributed by atoms with Crippen LogP contribution in [0, 0.1) is 0 Å². The van der Waals surface area contributed by atoms with Gasteiger partial charge < -0.3 is 15.7 Å². The number of carbonyl (C=O) groups is 2. The first-order valence-electron chi connectivity index (χ1n) is 7.69. The third kappa shape index (κ3) is 3.57. The van der Waals surface area contributed by atoms with E-state index in [1.165, 1.54) is 0 Å². The lowest BCUT2D eigenvalue weighted by Gasteiger charge is -2.11. The summed E-state index contributed by atoms with van der Waals surface area (Å²) in [5, 5.41) is 25.6. The fraction of sp³-hybridized carbons (Fsp3) is 0.400. The Morgan fingerprint density at radius 2 is 2.17 bits per heavy atom. The lowest BCUT2D eigenvalue weighted by Crippen LogP contribution is -2.42. The maximum absolute atomic E-state index is 11.9. The molecule has 1 aliphatic carbocycles. The van der Waals surface area contributed by atoms with Crippen molar-refractivity contribution >= 4 is 17.5 Å². The number of nitrogens with zero attached hydrogens (tertiary/aromatic N) is 4. The van der Waals surface area contributed by atoms with Crippen molar-refractivity contribution in [2.24, 2.45) is 0 Å². The summed E-state index contributed by atoms with van der Waals surface area (Å²) in [7, 11) is 0. The first-order chi connectivity index (χ1) is 11.6. The van der Waals surface area contributed by atoms with Crippen LogP contribution in [0.2, 0.25) is 0 Å². The Morgan fingerprint density at radius 3 is 2.88 bits per heavy atom. The zero-order chi connectivity index (χ0) is 17.1. The molecule has 1 atom stereocenters. The van der Waals surface area contributed by atoms with Gasteiger partial charge in [-0.25, -0.2) is 4.68 Å². The Labute approximate surface area is 138 Å². The number of carbonyl (C=O) groups excluding carboxylic acids is 2. The Hall–Kier alpha value is -2.81. The van der Waals surface area contributed by atoms with E-state index >= 15 is 0 Å². The standard InChI is InChI=1S/C15H18N6O3/c1-9(8-22)16-14(23)15(24)17-11-4-2-3-10(7-11)13-18-19-20-21(13)12-5-6-12/h2-4,7,9,12,22H,5-6,8H2,1H3,(H,16,23)(H,17,24)/t9-/m1/s1. The van der Waals surface area contributed by atoms with Gasteiger partial charge >= 0.3 is 11.8 Å². The fourth-order valence-corrected chi connectivity index (χ4v) is 2.21. The Kier molecular flexibility index (Phi) is 4.52. The van der Waals surface area contributed by atoms with E-state index in [1.807, 2.05) is 6.07 Å². The highest BCUT2D eigenvalue weighted by Crippen LogP contribution is 2.36. The molecule has 1 saturated carbocycles. The van der Waals surface area contributed by atoms with Crippen LogP contribution in [0.4, 0.5) is 5.69 Å². The zero-order valence-electron chi connectivity index (χ0n) is 13.1. The molecule has 0 unspecified atom stereocenters. The van der Waals surface area contributed by atoms with Crippen LogP contribution in [0.5, 0.6) is 0 Å². The molecule has 2 aromatic rings. The summed E-state index contributed by atoms with van der Waals surface area (Å²) >= 11 is 0. The Balaban J connectivity index is 1.72. The number of hydrogen-bond acceptors (Lipinski definition) is 6. The molecule has 0 saturated heterocycles. The van der Waals surface area contributed by atoms with Crippen molar-refractivity contribution in [2.75, 3.05) is 11.9 Å². The molecule has 126 valence electrons. The van der Waals surface area contributed by atoms with Crippen LogP contribution in [0.25, 0.3) is 11.4 Å². The monoisotopic (exact) mass is 330 g/mol. The van der Waals surface area contributed by atoms with Gasteiger partial charge in [0.1, 0.15) is 0 Å². The van der Waals surface area contributed by atoms with E-state index in [0.717, 1.165) is 18.4 Å². The second kappa shape index (κ2) is 6.75. The van der Waals surface area contributed by atoms with Crippen molar-refractivity contribution in [1.82, 2.24) is 25.5 Å². The molecule has 0 aliphatic heterocycles. The highest BCUT2D eigenvalue weighted by Gasteiger charge is 2.28. The van der Waals surface area contributed by atoms with Crippen LogP contribution in [0.1, 0.15) is 25.8 Å². The van der Waals surface area contributed by atoms with Gasteiger partial charge in [-0.05, 0) is 42.3 Å². The number of hydrogen-bond donors (Lipinski definition) is 3. The molecule has 1 aliphatic rings. The summed E-state index contributed by atoms with van der Waals surface area (Å²) < 4.78 is 1.77. The molecule has 24 heavy (non-hydrogen) atoms. The van der Waals surface area contributed by atoms with Gasteiger partial charge in [0.25, 0.3) is 0 Å².